The minimum Gasteiger partial charge on any atom is -0.756 e. The van der Waals surface area contributed by atoms with Gasteiger partial charge in [0, 0.05) is 12.8 Å². The molecule has 1 unspecified atom stereocenters. The van der Waals surface area contributed by atoms with E-state index in [0.717, 1.165) is 89.9 Å². The van der Waals surface area contributed by atoms with E-state index in [4.69, 9.17) is 18.5 Å². The highest BCUT2D eigenvalue weighted by atomic mass is 31.2. The predicted octanol–water partition coefficient (Wildman–Crippen LogP) is 10.8. The zero-order valence-corrected chi connectivity index (χ0v) is 35.5. The molecule has 10 heteroatoms. The number of carbonyl (C=O) groups excluding carboxylic acids is 2. The highest BCUT2D eigenvalue weighted by Crippen LogP contribution is 2.38. The van der Waals surface area contributed by atoms with Gasteiger partial charge in [0.05, 0.1) is 27.7 Å². The Bertz CT molecular complexity index is 1150. The third-order valence-corrected chi connectivity index (χ3v) is 9.17. The molecule has 0 aromatic rings. The highest BCUT2D eigenvalue weighted by Gasteiger charge is 2.21. The van der Waals surface area contributed by atoms with Crippen molar-refractivity contribution in [1.82, 2.24) is 0 Å². The smallest absolute Gasteiger partial charge is 0.306 e. The zero-order chi connectivity index (χ0) is 40.0. The minimum atomic E-state index is -4.64. The minimum absolute atomic E-state index is 0.0427. The molecule has 9 nitrogen and oxygen atoms in total. The van der Waals surface area contributed by atoms with Crippen molar-refractivity contribution in [3.05, 3.63) is 72.9 Å². The number of hydrogen-bond acceptors (Lipinski definition) is 8. The van der Waals surface area contributed by atoms with Crippen LogP contribution < -0.4 is 4.89 Å². The summed E-state index contributed by atoms with van der Waals surface area (Å²) in [7, 11) is 1.12. The Morgan fingerprint density at radius 3 is 1.61 bits per heavy atom. The fraction of sp³-hybridized carbons (Fsp3) is 0.682. The normalized spacial score (nSPS) is 14.4. The van der Waals surface area contributed by atoms with E-state index in [2.05, 4.69) is 86.8 Å². The lowest BCUT2D eigenvalue weighted by molar-refractivity contribution is -0.870. The number of likely N-dealkylation sites (N-methyl/N-ethyl adjacent to an activating group) is 1. The first-order valence-electron chi connectivity index (χ1n) is 20.6. The lowest BCUT2D eigenvalue weighted by Crippen LogP contribution is -2.37. The maximum Gasteiger partial charge on any atom is 0.306 e. The van der Waals surface area contributed by atoms with Gasteiger partial charge in [0.25, 0.3) is 7.82 Å². The van der Waals surface area contributed by atoms with Gasteiger partial charge in [-0.1, -0.05) is 125 Å². The summed E-state index contributed by atoms with van der Waals surface area (Å²) in [5.74, 6) is -0.893. The van der Waals surface area contributed by atoms with E-state index in [-0.39, 0.29) is 26.1 Å². The average Bonchev–Trinajstić information content (AvgIpc) is 3.12. The predicted molar refractivity (Wildman–Crippen MR) is 222 cm³/mol. The van der Waals surface area contributed by atoms with E-state index < -0.39 is 32.5 Å². The molecule has 310 valence electrons. The molecule has 0 rings (SSSR count). The molecule has 0 aliphatic heterocycles. The third kappa shape index (κ3) is 39.2. The quantitative estimate of drug-likeness (QED) is 0.0203. The lowest BCUT2D eigenvalue weighted by Gasteiger charge is -2.28. The van der Waals surface area contributed by atoms with Crippen molar-refractivity contribution < 1.29 is 42.1 Å². The Kier molecular flexibility index (Phi) is 34.4. The van der Waals surface area contributed by atoms with Gasteiger partial charge in [0.2, 0.25) is 0 Å². The van der Waals surface area contributed by atoms with Gasteiger partial charge in [-0.2, -0.15) is 0 Å². The molecule has 0 bridgehead atoms. The second-order valence-electron chi connectivity index (χ2n) is 14.6. The van der Waals surface area contributed by atoms with Crippen LogP contribution in [-0.2, 0) is 32.7 Å². The summed E-state index contributed by atoms with van der Waals surface area (Å²) >= 11 is 0. The van der Waals surface area contributed by atoms with Crippen LogP contribution in [0.2, 0.25) is 0 Å². The Morgan fingerprint density at radius 2 is 1.06 bits per heavy atom. The van der Waals surface area contributed by atoms with Gasteiger partial charge < -0.3 is 27.9 Å². The summed E-state index contributed by atoms with van der Waals surface area (Å²) in [6, 6.07) is 0. The number of quaternary nitrogens is 1. The van der Waals surface area contributed by atoms with Gasteiger partial charge in [0.1, 0.15) is 19.8 Å². The van der Waals surface area contributed by atoms with Crippen LogP contribution in [0.3, 0.4) is 0 Å². The van der Waals surface area contributed by atoms with Gasteiger partial charge in [-0.15, -0.1) is 0 Å². The largest absolute Gasteiger partial charge is 0.756 e. The van der Waals surface area contributed by atoms with Gasteiger partial charge in [-0.3, -0.25) is 14.2 Å². The number of esters is 2. The molecule has 54 heavy (non-hydrogen) atoms. The first-order chi connectivity index (χ1) is 26.0. The van der Waals surface area contributed by atoms with E-state index in [1.54, 1.807) is 0 Å². The number of hydrogen-bond donors (Lipinski definition) is 0. The Hall–Kier alpha value is -2.55. The monoisotopic (exact) mass is 778 g/mol. The lowest BCUT2D eigenvalue weighted by atomic mass is 10.1. The van der Waals surface area contributed by atoms with Crippen LogP contribution in [0, 0.1) is 0 Å². The second kappa shape index (κ2) is 36.1. The molecular weight excluding hydrogens is 701 g/mol. The van der Waals surface area contributed by atoms with Crippen molar-refractivity contribution in [2.75, 3.05) is 47.5 Å². The van der Waals surface area contributed by atoms with Gasteiger partial charge in [0.15, 0.2) is 6.10 Å². The topological polar surface area (TPSA) is 111 Å². The number of rotatable bonds is 36. The van der Waals surface area contributed by atoms with Crippen LogP contribution in [0.5, 0.6) is 0 Å². The van der Waals surface area contributed by atoms with Crippen molar-refractivity contribution in [1.29, 1.82) is 0 Å². The number of allylic oxidation sites excluding steroid dienone is 12. The SMILES string of the molecule is CC/C=C/C/C=C/C/C=C/C/C=C/C/C=C/CCCCCC(=O)O[C@H](COC(=O)CCCCCCC/C=C/CCCC)COP(=O)([O-])OCC[N+](C)(C)C. The first-order valence-corrected chi connectivity index (χ1v) is 22.1. The van der Waals surface area contributed by atoms with Crippen molar-refractivity contribution in [3.63, 3.8) is 0 Å². The van der Waals surface area contributed by atoms with E-state index >= 15 is 0 Å². The maximum absolute atomic E-state index is 12.6. The standard InChI is InChI=1S/C44H76NO8P/c1-6-8-10-12-14-16-18-19-20-21-22-23-24-25-27-29-31-33-35-37-44(47)53-42(41-52-54(48,49)51-39-38-45(3,4)5)40-50-43(46)36-34-32-30-28-26-17-15-13-11-9-7-2/h8,10,13-16,19-20,22-23,25,27,42H,6-7,9,11-12,17-18,21,24,26,28-41H2,1-5H3/b10-8+,15-13+,16-14+,20-19+,23-22+,27-25+/t42-/m1/s1. The van der Waals surface area contributed by atoms with E-state index in [1.165, 1.54) is 12.8 Å². The average molecular weight is 778 g/mol. The Balaban J connectivity index is 4.48. The zero-order valence-electron chi connectivity index (χ0n) is 34.6. The highest BCUT2D eigenvalue weighted by molar-refractivity contribution is 7.45. The van der Waals surface area contributed by atoms with Crippen molar-refractivity contribution in [3.8, 4) is 0 Å². The fourth-order valence-electron chi connectivity index (χ4n) is 4.95. The molecule has 0 aromatic carbocycles. The molecule has 0 radical (unpaired) electrons. The summed E-state index contributed by atoms with van der Waals surface area (Å²) in [5, 5.41) is 0. The molecule has 0 saturated heterocycles. The first kappa shape index (κ1) is 51.5. The number of carbonyl (C=O) groups is 2. The van der Waals surface area contributed by atoms with Crippen LogP contribution in [0.15, 0.2) is 72.9 Å². The number of phosphoric acid groups is 1. The fourth-order valence-corrected chi connectivity index (χ4v) is 5.68. The van der Waals surface area contributed by atoms with Crippen molar-refractivity contribution >= 4 is 19.8 Å². The number of phosphoric ester groups is 1. The van der Waals surface area contributed by atoms with E-state index in [0.29, 0.717) is 23.9 Å². The second-order valence-corrected chi connectivity index (χ2v) is 16.0. The molecule has 0 fully saturated rings. The summed E-state index contributed by atoms with van der Waals surface area (Å²) in [6.07, 6.45) is 43.6. The van der Waals surface area contributed by atoms with E-state index in [1.807, 2.05) is 21.1 Å². The van der Waals surface area contributed by atoms with Crippen LogP contribution in [-0.4, -0.2) is 70.0 Å². The summed E-state index contributed by atoms with van der Waals surface area (Å²) in [4.78, 5) is 37.4. The summed E-state index contributed by atoms with van der Waals surface area (Å²) in [5.41, 5.74) is 0. The molecule has 0 aliphatic rings. The molecule has 0 N–H and O–H groups in total. The van der Waals surface area contributed by atoms with Gasteiger partial charge >= 0.3 is 11.9 Å². The third-order valence-electron chi connectivity index (χ3n) is 8.21. The van der Waals surface area contributed by atoms with Gasteiger partial charge in [-0.05, 0) is 77.0 Å². The molecule has 0 spiro atoms. The van der Waals surface area contributed by atoms with Crippen molar-refractivity contribution in [2.24, 2.45) is 0 Å². The Labute approximate surface area is 329 Å². The summed E-state index contributed by atoms with van der Waals surface area (Å²) in [6.45, 7) is 3.99. The molecule has 2 atom stereocenters. The molecule has 0 saturated carbocycles. The number of ether oxygens (including phenoxy) is 2. The summed E-state index contributed by atoms with van der Waals surface area (Å²) < 4.78 is 33.8. The molecule has 0 amide bonds. The molecule has 0 heterocycles. The van der Waals surface area contributed by atoms with Crippen LogP contribution >= 0.6 is 7.82 Å². The molecule has 0 aliphatic carbocycles. The van der Waals surface area contributed by atoms with Crippen molar-refractivity contribution in [2.45, 2.75) is 148 Å². The number of unbranched alkanes of at least 4 members (excludes halogenated alkanes) is 10. The van der Waals surface area contributed by atoms with Crippen LogP contribution in [0.25, 0.3) is 0 Å². The van der Waals surface area contributed by atoms with Crippen LogP contribution in [0.4, 0.5) is 0 Å². The molecule has 0 aromatic heterocycles. The number of nitrogens with zero attached hydrogens (tertiary/aromatic N) is 1. The Morgan fingerprint density at radius 1 is 0.593 bits per heavy atom. The molecular formula is C44H76NO8P. The maximum atomic E-state index is 12.6. The van der Waals surface area contributed by atoms with E-state index in [9.17, 15) is 19.0 Å². The van der Waals surface area contributed by atoms with Gasteiger partial charge in [-0.25, -0.2) is 0 Å². The van der Waals surface area contributed by atoms with Crippen LogP contribution in [0.1, 0.15) is 142 Å².